The van der Waals surface area contributed by atoms with Gasteiger partial charge in [-0.25, -0.2) is 0 Å². The van der Waals surface area contributed by atoms with Gasteiger partial charge in [0.15, 0.2) is 0 Å². The summed E-state index contributed by atoms with van der Waals surface area (Å²) in [6.45, 7) is 2.45. The molecule has 0 aromatic heterocycles. The third-order valence-corrected chi connectivity index (χ3v) is 4.02. The van der Waals surface area contributed by atoms with E-state index >= 15 is 0 Å². The van der Waals surface area contributed by atoms with Crippen molar-refractivity contribution in [2.24, 2.45) is 0 Å². The topological polar surface area (TPSA) is 61.8 Å². The average molecular weight is 334 g/mol. The van der Waals surface area contributed by atoms with Crippen LogP contribution >= 0.6 is 0 Å². The van der Waals surface area contributed by atoms with Gasteiger partial charge in [0.1, 0.15) is 12.2 Å². The summed E-state index contributed by atoms with van der Waals surface area (Å²) in [7, 11) is 0. The van der Waals surface area contributed by atoms with E-state index < -0.39 is 0 Å². The Balaban J connectivity index is 1.62. The summed E-state index contributed by atoms with van der Waals surface area (Å²) in [5.74, 6) is -0.570. The summed E-state index contributed by atoms with van der Waals surface area (Å²) in [5, 5.41) is 0. The molecule has 0 spiro atoms. The highest BCUT2D eigenvalue weighted by molar-refractivity contribution is 5.69. The molecule has 24 heavy (non-hydrogen) atoms. The molecular formula is C19H26O5. The Labute approximate surface area is 143 Å². The van der Waals surface area contributed by atoms with E-state index in [9.17, 15) is 9.59 Å². The molecule has 2 rings (SSSR count). The van der Waals surface area contributed by atoms with Gasteiger partial charge in [0.2, 0.25) is 0 Å². The molecule has 0 bridgehead atoms. The van der Waals surface area contributed by atoms with Gasteiger partial charge in [-0.2, -0.15) is 0 Å². The number of esters is 2. The zero-order valence-electron chi connectivity index (χ0n) is 14.2. The normalized spacial score (nSPS) is 20.4. The fourth-order valence-electron chi connectivity index (χ4n) is 2.86. The number of hydrogen-bond donors (Lipinski definition) is 0. The lowest BCUT2D eigenvalue weighted by Crippen LogP contribution is -2.37. The summed E-state index contributed by atoms with van der Waals surface area (Å²) < 4.78 is 16.3. The molecule has 0 saturated heterocycles. The zero-order chi connectivity index (χ0) is 17.2. The summed E-state index contributed by atoms with van der Waals surface area (Å²) in [6, 6.07) is 9.92. The van der Waals surface area contributed by atoms with Gasteiger partial charge in [-0.1, -0.05) is 30.3 Å². The lowest BCUT2D eigenvalue weighted by molar-refractivity contribution is -0.170. The van der Waals surface area contributed by atoms with Crippen LogP contribution < -0.4 is 0 Å². The van der Waals surface area contributed by atoms with Gasteiger partial charge < -0.3 is 14.2 Å². The zero-order valence-corrected chi connectivity index (χ0v) is 14.2. The summed E-state index contributed by atoms with van der Waals surface area (Å²) in [5.41, 5.74) is 1.12. The second-order valence-electron chi connectivity index (χ2n) is 6.10. The second-order valence-corrected chi connectivity index (χ2v) is 6.10. The Morgan fingerprint density at radius 3 is 2.38 bits per heavy atom. The minimum Gasteiger partial charge on any atom is -0.459 e. The Morgan fingerprint density at radius 2 is 1.71 bits per heavy atom. The van der Waals surface area contributed by atoms with Crippen LogP contribution in [0.2, 0.25) is 0 Å². The van der Waals surface area contributed by atoms with Crippen LogP contribution in [0.4, 0.5) is 0 Å². The van der Waals surface area contributed by atoms with Crippen LogP contribution in [-0.4, -0.2) is 30.8 Å². The van der Waals surface area contributed by atoms with Gasteiger partial charge >= 0.3 is 11.9 Å². The summed E-state index contributed by atoms with van der Waals surface area (Å²) >= 11 is 0. The lowest BCUT2D eigenvalue weighted by atomic mass is 9.94. The van der Waals surface area contributed by atoms with Gasteiger partial charge in [0.25, 0.3) is 0 Å². The molecule has 0 aliphatic heterocycles. The van der Waals surface area contributed by atoms with Crippen molar-refractivity contribution in [1.29, 1.82) is 0 Å². The van der Waals surface area contributed by atoms with Crippen molar-refractivity contribution >= 4 is 11.9 Å². The van der Waals surface area contributed by atoms with E-state index in [-0.39, 0.29) is 24.1 Å². The highest BCUT2D eigenvalue weighted by Gasteiger charge is 2.30. The van der Waals surface area contributed by atoms with Gasteiger partial charge in [0, 0.05) is 20.0 Å². The van der Waals surface area contributed by atoms with Crippen LogP contribution in [0.3, 0.4) is 0 Å². The molecule has 1 aliphatic carbocycles. The van der Waals surface area contributed by atoms with E-state index in [2.05, 4.69) is 0 Å². The van der Waals surface area contributed by atoms with E-state index in [0.717, 1.165) is 31.2 Å². The Morgan fingerprint density at radius 1 is 1.04 bits per heavy atom. The third kappa shape index (κ3) is 6.71. The fraction of sp³-hybridized carbons (Fsp3) is 0.579. The molecule has 132 valence electrons. The number of hydrogen-bond acceptors (Lipinski definition) is 5. The third-order valence-electron chi connectivity index (χ3n) is 4.02. The number of benzene rings is 1. The minimum atomic E-state index is -0.322. The molecule has 0 N–H and O–H groups in total. The molecule has 0 amide bonds. The SMILES string of the molecule is CC(=O)O[C@@H]1CCCC[C@H]1OC(=O)CCCOCc1ccccc1. The van der Waals surface area contributed by atoms with Crippen LogP contribution in [0.25, 0.3) is 0 Å². The maximum absolute atomic E-state index is 12.0. The van der Waals surface area contributed by atoms with Gasteiger partial charge in [0.05, 0.1) is 6.61 Å². The van der Waals surface area contributed by atoms with Crippen molar-refractivity contribution in [1.82, 2.24) is 0 Å². The van der Waals surface area contributed by atoms with E-state index in [1.54, 1.807) is 0 Å². The molecular weight excluding hydrogens is 308 g/mol. The van der Waals surface area contributed by atoms with E-state index in [0.29, 0.717) is 26.1 Å². The highest BCUT2D eigenvalue weighted by atomic mass is 16.6. The molecule has 1 saturated carbocycles. The predicted octanol–water partition coefficient (Wildman–Crippen LogP) is 3.40. The average Bonchev–Trinajstić information content (AvgIpc) is 2.57. The number of carbonyl (C=O) groups is 2. The van der Waals surface area contributed by atoms with E-state index in [1.165, 1.54) is 6.92 Å². The first-order valence-electron chi connectivity index (χ1n) is 8.63. The maximum atomic E-state index is 12.0. The van der Waals surface area contributed by atoms with Crippen LogP contribution in [0, 0.1) is 0 Å². The molecule has 1 aromatic rings. The van der Waals surface area contributed by atoms with Crippen molar-refractivity contribution in [2.45, 2.75) is 64.3 Å². The first-order valence-corrected chi connectivity index (χ1v) is 8.63. The van der Waals surface area contributed by atoms with E-state index in [1.807, 2.05) is 30.3 Å². The van der Waals surface area contributed by atoms with Crippen molar-refractivity contribution in [3.63, 3.8) is 0 Å². The van der Waals surface area contributed by atoms with Crippen molar-refractivity contribution in [3.05, 3.63) is 35.9 Å². The van der Waals surface area contributed by atoms with Crippen LogP contribution in [0.1, 0.15) is 51.0 Å². The van der Waals surface area contributed by atoms with Crippen LogP contribution in [0.5, 0.6) is 0 Å². The Hall–Kier alpha value is -1.88. The van der Waals surface area contributed by atoms with Gasteiger partial charge in [-0.05, 0) is 37.7 Å². The number of carbonyl (C=O) groups excluding carboxylic acids is 2. The highest BCUT2D eigenvalue weighted by Crippen LogP contribution is 2.24. The lowest BCUT2D eigenvalue weighted by Gasteiger charge is -2.30. The summed E-state index contributed by atoms with van der Waals surface area (Å²) in [4.78, 5) is 23.1. The fourth-order valence-corrected chi connectivity index (χ4v) is 2.86. The van der Waals surface area contributed by atoms with Crippen molar-refractivity contribution < 1.29 is 23.8 Å². The first-order chi connectivity index (χ1) is 11.6. The van der Waals surface area contributed by atoms with Crippen molar-refractivity contribution in [3.8, 4) is 0 Å². The quantitative estimate of drug-likeness (QED) is 0.538. The monoisotopic (exact) mass is 334 g/mol. The summed E-state index contributed by atoms with van der Waals surface area (Å²) in [6.07, 6.45) is 3.85. The molecule has 0 heterocycles. The number of ether oxygens (including phenoxy) is 3. The Bertz CT molecular complexity index is 514. The first kappa shape index (κ1) is 18.5. The Kier molecular flexibility index (Phi) is 7.75. The molecule has 1 aromatic carbocycles. The van der Waals surface area contributed by atoms with Crippen molar-refractivity contribution in [2.75, 3.05) is 6.61 Å². The molecule has 0 unspecified atom stereocenters. The molecule has 5 heteroatoms. The largest absolute Gasteiger partial charge is 0.459 e. The van der Waals surface area contributed by atoms with Crippen LogP contribution in [-0.2, 0) is 30.4 Å². The molecule has 0 radical (unpaired) electrons. The van der Waals surface area contributed by atoms with Gasteiger partial charge in [-0.15, -0.1) is 0 Å². The second kappa shape index (κ2) is 10.1. The minimum absolute atomic E-state index is 0.248. The maximum Gasteiger partial charge on any atom is 0.306 e. The molecule has 1 aliphatic rings. The number of rotatable bonds is 8. The molecule has 2 atom stereocenters. The van der Waals surface area contributed by atoms with Gasteiger partial charge in [-0.3, -0.25) is 9.59 Å². The van der Waals surface area contributed by atoms with E-state index in [4.69, 9.17) is 14.2 Å². The molecule has 5 nitrogen and oxygen atoms in total. The van der Waals surface area contributed by atoms with Crippen LogP contribution in [0.15, 0.2) is 30.3 Å². The molecule has 1 fully saturated rings. The predicted molar refractivity (Wildman–Crippen MR) is 89.2 cm³/mol. The standard InChI is InChI=1S/C19H26O5/c1-15(20)23-17-10-5-6-11-18(17)24-19(21)12-7-13-22-14-16-8-3-2-4-9-16/h2-4,8-9,17-18H,5-7,10-14H2,1H3/t17-,18-/m1/s1. The smallest absolute Gasteiger partial charge is 0.306 e.